The fraction of sp³-hybridized carbons (Fsp3) is 0.0435. The van der Waals surface area contributed by atoms with E-state index in [1.54, 1.807) is 12.4 Å². The molecule has 0 unspecified atom stereocenters. The van der Waals surface area contributed by atoms with Crippen LogP contribution in [0.25, 0.3) is 33.1 Å². The molecule has 6 nitrogen and oxygen atoms in total. The monoisotopic (exact) mass is 381 g/mol. The number of furan rings is 1. The Morgan fingerprint density at radius 3 is 2.66 bits per heavy atom. The minimum absolute atomic E-state index is 0.494. The zero-order valence-corrected chi connectivity index (χ0v) is 15.6. The van der Waals surface area contributed by atoms with Crippen LogP contribution in [-0.2, 0) is 6.54 Å². The van der Waals surface area contributed by atoms with Crippen LogP contribution in [0.2, 0.25) is 0 Å². The van der Waals surface area contributed by atoms with Gasteiger partial charge in [-0.1, -0.05) is 18.2 Å². The van der Waals surface area contributed by atoms with E-state index in [9.17, 15) is 0 Å². The second-order valence-corrected chi connectivity index (χ2v) is 6.91. The predicted octanol–water partition coefficient (Wildman–Crippen LogP) is 4.82. The molecule has 0 aliphatic heterocycles. The summed E-state index contributed by atoms with van der Waals surface area (Å²) in [6.45, 7) is 0.638. The quantitative estimate of drug-likeness (QED) is 0.412. The summed E-state index contributed by atoms with van der Waals surface area (Å²) >= 11 is 0. The van der Waals surface area contributed by atoms with Gasteiger partial charge < -0.3 is 21.2 Å². The molecule has 0 radical (unpaired) electrons. The second kappa shape index (κ2) is 6.83. The van der Waals surface area contributed by atoms with Crippen molar-refractivity contribution in [2.75, 3.05) is 16.8 Å². The molecule has 3 aromatic heterocycles. The Hall–Kier alpha value is -4.06. The molecule has 29 heavy (non-hydrogen) atoms. The molecule has 0 saturated heterocycles. The van der Waals surface area contributed by atoms with E-state index >= 15 is 0 Å². The number of hydrogen-bond acceptors (Lipinski definition) is 6. The van der Waals surface area contributed by atoms with Gasteiger partial charge in [0.25, 0.3) is 0 Å². The van der Waals surface area contributed by atoms with Crippen LogP contribution >= 0.6 is 0 Å². The van der Waals surface area contributed by atoms with Crippen molar-refractivity contribution < 1.29 is 4.42 Å². The molecule has 142 valence electrons. The van der Waals surface area contributed by atoms with Gasteiger partial charge in [0.05, 0.1) is 0 Å². The highest BCUT2D eigenvalue weighted by Gasteiger charge is 2.13. The maximum atomic E-state index is 6.13. The number of benzene rings is 2. The van der Waals surface area contributed by atoms with E-state index in [4.69, 9.17) is 15.9 Å². The minimum Gasteiger partial charge on any atom is -0.456 e. The zero-order valence-electron chi connectivity index (χ0n) is 15.6. The van der Waals surface area contributed by atoms with Crippen LogP contribution < -0.4 is 16.8 Å². The number of aromatic nitrogens is 2. The molecule has 0 bridgehead atoms. The van der Waals surface area contributed by atoms with Crippen molar-refractivity contribution in [3.05, 3.63) is 78.6 Å². The third kappa shape index (κ3) is 3.21. The molecule has 5 N–H and O–H groups in total. The molecule has 5 aromatic rings. The van der Waals surface area contributed by atoms with Crippen molar-refractivity contribution in [2.45, 2.75) is 6.54 Å². The van der Waals surface area contributed by atoms with Crippen molar-refractivity contribution in [1.82, 2.24) is 9.97 Å². The van der Waals surface area contributed by atoms with Crippen molar-refractivity contribution >= 4 is 39.1 Å². The van der Waals surface area contributed by atoms with Crippen LogP contribution in [0.3, 0.4) is 0 Å². The highest BCUT2D eigenvalue weighted by molar-refractivity contribution is 6.03. The molecule has 0 amide bonds. The van der Waals surface area contributed by atoms with E-state index in [-0.39, 0.29) is 0 Å². The average Bonchev–Trinajstić information content (AvgIpc) is 3.16. The molecular weight excluding hydrogens is 362 g/mol. The molecule has 3 heterocycles. The number of nitrogens with one attached hydrogen (secondary N) is 1. The van der Waals surface area contributed by atoms with Crippen LogP contribution in [-0.4, -0.2) is 9.97 Å². The lowest BCUT2D eigenvalue weighted by Crippen LogP contribution is -2.01. The Bertz CT molecular complexity index is 1310. The van der Waals surface area contributed by atoms with E-state index in [1.165, 1.54) is 0 Å². The molecule has 0 spiro atoms. The molecule has 5 rings (SSSR count). The number of anilines is 3. The van der Waals surface area contributed by atoms with Crippen LogP contribution in [0.1, 0.15) is 5.56 Å². The lowest BCUT2D eigenvalue weighted by molar-refractivity contribution is 0.632. The van der Waals surface area contributed by atoms with Crippen LogP contribution in [0, 0.1) is 0 Å². The largest absolute Gasteiger partial charge is 0.456 e. The molecule has 6 heteroatoms. The minimum atomic E-state index is 0.494. The summed E-state index contributed by atoms with van der Waals surface area (Å²) in [5.74, 6) is 1.77. The molecule has 0 atom stereocenters. The van der Waals surface area contributed by atoms with E-state index in [2.05, 4.69) is 21.4 Å². The maximum absolute atomic E-state index is 6.13. The van der Waals surface area contributed by atoms with E-state index in [1.807, 2.05) is 54.6 Å². The van der Waals surface area contributed by atoms with Crippen LogP contribution in [0.4, 0.5) is 17.3 Å². The van der Waals surface area contributed by atoms with Gasteiger partial charge >= 0.3 is 0 Å². The Morgan fingerprint density at radius 1 is 0.897 bits per heavy atom. The fourth-order valence-corrected chi connectivity index (χ4v) is 3.49. The smallest absolute Gasteiger partial charge is 0.137 e. The second-order valence-electron chi connectivity index (χ2n) is 6.91. The third-order valence-electron chi connectivity index (χ3n) is 4.95. The first-order valence-electron chi connectivity index (χ1n) is 9.29. The van der Waals surface area contributed by atoms with Gasteiger partial charge in [0.1, 0.15) is 23.0 Å². The number of fused-ring (bicyclic) bond motifs is 2. The topological polar surface area (TPSA) is 103 Å². The number of nitrogens with zero attached hydrogens (tertiary/aromatic N) is 2. The Morgan fingerprint density at radius 2 is 1.79 bits per heavy atom. The predicted molar refractivity (Wildman–Crippen MR) is 117 cm³/mol. The molecule has 0 saturated carbocycles. The van der Waals surface area contributed by atoms with Gasteiger partial charge in [-0.2, -0.15) is 0 Å². The van der Waals surface area contributed by atoms with Gasteiger partial charge in [-0.25, -0.2) is 9.97 Å². The van der Waals surface area contributed by atoms with Crippen LogP contribution in [0.5, 0.6) is 0 Å². The number of rotatable bonds is 4. The summed E-state index contributed by atoms with van der Waals surface area (Å²) in [4.78, 5) is 8.39. The average molecular weight is 381 g/mol. The SMILES string of the molecule is Nc1cc(CNc2ccc3c(N)ncc(-c4cc5ccccc5o4)c3c2)ccn1. The highest BCUT2D eigenvalue weighted by atomic mass is 16.3. The summed E-state index contributed by atoms with van der Waals surface area (Å²) in [6, 6.07) is 19.8. The van der Waals surface area contributed by atoms with Crippen molar-refractivity contribution in [2.24, 2.45) is 0 Å². The summed E-state index contributed by atoms with van der Waals surface area (Å²) in [5, 5.41) is 6.36. The summed E-state index contributed by atoms with van der Waals surface area (Å²) in [5.41, 5.74) is 15.7. The van der Waals surface area contributed by atoms with E-state index in [0.717, 1.165) is 44.3 Å². The normalized spacial score (nSPS) is 11.2. The lowest BCUT2D eigenvalue weighted by atomic mass is 10.0. The lowest BCUT2D eigenvalue weighted by Gasteiger charge is -2.11. The number of nitrogens with two attached hydrogens (primary N) is 2. The summed E-state index contributed by atoms with van der Waals surface area (Å²) in [7, 11) is 0. The summed E-state index contributed by atoms with van der Waals surface area (Å²) in [6.07, 6.45) is 3.47. The first-order chi connectivity index (χ1) is 14.2. The Balaban J connectivity index is 1.56. The number of nitrogen functional groups attached to an aromatic ring is 2. The van der Waals surface area contributed by atoms with Crippen molar-refractivity contribution in [3.63, 3.8) is 0 Å². The van der Waals surface area contributed by atoms with Crippen molar-refractivity contribution in [3.8, 4) is 11.3 Å². The fourth-order valence-electron chi connectivity index (χ4n) is 3.49. The number of para-hydroxylation sites is 1. The first-order valence-corrected chi connectivity index (χ1v) is 9.29. The standard InChI is InChI=1S/C23H19N5O/c24-22-9-14(7-8-26-22)12-27-16-5-6-17-18(11-16)19(13-28-23(17)25)21-10-15-3-1-2-4-20(15)29-21/h1-11,13,27H,12H2,(H2,24,26)(H2,25,28). The van der Waals surface area contributed by atoms with E-state index < -0.39 is 0 Å². The molecule has 0 fully saturated rings. The molecule has 0 aliphatic rings. The zero-order chi connectivity index (χ0) is 19.8. The summed E-state index contributed by atoms with van der Waals surface area (Å²) < 4.78 is 6.06. The Labute approximate surface area is 167 Å². The third-order valence-corrected chi connectivity index (χ3v) is 4.95. The van der Waals surface area contributed by atoms with Gasteiger partial charge in [0.2, 0.25) is 0 Å². The molecule has 2 aromatic carbocycles. The van der Waals surface area contributed by atoms with Gasteiger partial charge in [0.15, 0.2) is 0 Å². The number of hydrogen-bond donors (Lipinski definition) is 3. The number of pyridine rings is 2. The van der Waals surface area contributed by atoms with Crippen LogP contribution in [0.15, 0.2) is 77.5 Å². The van der Waals surface area contributed by atoms with Gasteiger partial charge in [-0.3, -0.25) is 0 Å². The first kappa shape index (κ1) is 17.1. The van der Waals surface area contributed by atoms with Gasteiger partial charge in [-0.15, -0.1) is 0 Å². The van der Waals surface area contributed by atoms with Crippen molar-refractivity contribution in [1.29, 1.82) is 0 Å². The van der Waals surface area contributed by atoms with E-state index in [0.29, 0.717) is 18.2 Å². The van der Waals surface area contributed by atoms with Gasteiger partial charge in [-0.05, 0) is 53.4 Å². The molecule has 0 aliphatic carbocycles. The molecular formula is C23H19N5O. The maximum Gasteiger partial charge on any atom is 0.137 e. The highest BCUT2D eigenvalue weighted by Crippen LogP contribution is 2.35. The Kier molecular flexibility index (Phi) is 4.02. The van der Waals surface area contributed by atoms with Gasteiger partial charge in [0, 0.05) is 41.0 Å².